The van der Waals surface area contributed by atoms with Crippen LogP contribution in [0.25, 0.3) is 10.6 Å². The van der Waals surface area contributed by atoms with E-state index in [1.54, 1.807) is 23.5 Å². The van der Waals surface area contributed by atoms with E-state index in [0.717, 1.165) is 10.6 Å². The SMILES string of the molecule is CN(Cc1ccco1)S(=O)(=O)c1ccc(C(=O)Nc2nc(-c3cccs3)cs2)cc1. The van der Waals surface area contributed by atoms with Gasteiger partial charge < -0.3 is 4.42 Å². The highest BCUT2D eigenvalue weighted by Gasteiger charge is 2.22. The first kappa shape index (κ1) is 20.5. The first-order chi connectivity index (χ1) is 14.4. The number of benzene rings is 1. The molecule has 10 heteroatoms. The number of carbonyl (C=O) groups excluding carboxylic acids is 1. The largest absolute Gasteiger partial charge is 0.468 e. The number of nitrogens with zero attached hydrogens (tertiary/aromatic N) is 2. The van der Waals surface area contributed by atoms with Crippen molar-refractivity contribution in [2.75, 3.05) is 12.4 Å². The van der Waals surface area contributed by atoms with Crippen LogP contribution in [0, 0.1) is 0 Å². The van der Waals surface area contributed by atoms with Crippen LogP contribution in [0.15, 0.2) is 74.9 Å². The van der Waals surface area contributed by atoms with Crippen molar-refractivity contribution in [1.82, 2.24) is 9.29 Å². The number of hydrogen-bond acceptors (Lipinski definition) is 7. The molecule has 154 valence electrons. The fourth-order valence-corrected chi connectivity index (χ4v) is 5.31. The van der Waals surface area contributed by atoms with Gasteiger partial charge >= 0.3 is 0 Å². The molecule has 7 nitrogen and oxygen atoms in total. The number of hydrogen-bond donors (Lipinski definition) is 1. The Morgan fingerprint density at radius 3 is 2.60 bits per heavy atom. The van der Waals surface area contributed by atoms with E-state index < -0.39 is 10.0 Å². The van der Waals surface area contributed by atoms with Gasteiger partial charge in [-0.05, 0) is 47.8 Å². The number of sulfonamides is 1. The first-order valence-electron chi connectivity index (χ1n) is 8.83. The van der Waals surface area contributed by atoms with E-state index in [2.05, 4.69) is 10.3 Å². The third-order valence-electron chi connectivity index (χ3n) is 4.28. The lowest BCUT2D eigenvalue weighted by Crippen LogP contribution is -2.26. The molecule has 4 aromatic rings. The number of anilines is 1. The van der Waals surface area contributed by atoms with Crippen molar-refractivity contribution in [2.24, 2.45) is 0 Å². The predicted octanol–water partition coefficient (Wildman–Crippen LogP) is 4.54. The second kappa shape index (κ2) is 8.52. The van der Waals surface area contributed by atoms with Crippen LogP contribution < -0.4 is 5.32 Å². The highest BCUT2D eigenvalue weighted by molar-refractivity contribution is 7.89. The smallest absolute Gasteiger partial charge is 0.257 e. The lowest BCUT2D eigenvalue weighted by atomic mass is 10.2. The van der Waals surface area contributed by atoms with Crippen LogP contribution in [0.5, 0.6) is 0 Å². The highest BCUT2D eigenvalue weighted by atomic mass is 32.2. The Morgan fingerprint density at radius 1 is 1.13 bits per heavy atom. The van der Waals surface area contributed by atoms with Gasteiger partial charge in [0, 0.05) is 18.0 Å². The van der Waals surface area contributed by atoms with Crippen LogP contribution in [0.2, 0.25) is 0 Å². The van der Waals surface area contributed by atoms with Crippen molar-refractivity contribution >= 4 is 43.7 Å². The minimum Gasteiger partial charge on any atom is -0.468 e. The van der Waals surface area contributed by atoms with Crippen LogP contribution in [-0.4, -0.2) is 30.7 Å². The van der Waals surface area contributed by atoms with Crippen molar-refractivity contribution in [3.8, 4) is 10.6 Å². The van der Waals surface area contributed by atoms with E-state index in [4.69, 9.17) is 4.42 Å². The molecule has 3 heterocycles. The standard InChI is InChI=1S/C20H17N3O4S3/c1-23(12-15-4-2-10-27-15)30(25,26)16-8-6-14(7-9-16)19(24)22-20-21-17(13-29-20)18-5-3-11-28-18/h2-11,13H,12H2,1H3,(H,21,22,24). The zero-order valence-corrected chi connectivity index (χ0v) is 18.3. The summed E-state index contributed by atoms with van der Waals surface area (Å²) in [5.41, 5.74) is 1.15. The summed E-state index contributed by atoms with van der Waals surface area (Å²) in [6.45, 7) is 0.119. The number of thiazole rings is 1. The molecule has 0 radical (unpaired) electrons. The Kier molecular flexibility index (Phi) is 5.82. The van der Waals surface area contributed by atoms with E-state index in [1.165, 1.54) is 53.2 Å². The molecule has 0 atom stereocenters. The number of thiophene rings is 1. The summed E-state index contributed by atoms with van der Waals surface area (Å²) < 4.78 is 31.8. The summed E-state index contributed by atoms with van der Waals surface area (Å²) in [6.07, 6.45) is 1.50. The van der Waals surface area contributed by atoms with Gasteiger partial charge in [-0.25, -0.2) is 13.4 Å². The maximum atomic E-state index is 12.7. The molecule has 0 aliphatic carbocycles. The van der Waals surface area contributed by atoms with Crippen LogP contribution >= 0.6 is 22.7 Å². The van der Waals surface area contributed by atoms with Gasteiger partial charge in [0.2, 0.25) is 10.0 Å². The molecule has 0 aliphatic heterocycles. The summed E-state index contributed by atoms with van der Waals surface area (Å²) >= 11 is 2.91. The summed E-state index contributed by atoms with van der Waals surface area (Å²) in [5, 5.41) is 7.08. The third kappa shape index (κ3) is 4.36. The number of amides is 1. The van der Waals surface area contributed by atoms with Crippen molar-refractivity contribution < 1.29 is 17.6 Å². The highest BCUT2D eigenvalue weighted by Crippen LogP contribution is 2.28. The van der Waals surface area contributed by atoms with E-state index in [-0.39, 0.29) is 17.3 Å². The Balaban J connectivity index is 1.44. The quantitative estimate of drug-likeness (QED) is 0.438. The van der Waals surface area contributed by atoms with E-state index in [9.17, 15) is 13.2 Å². The number of nitrogens with one attached hydrogen (secondary N) is 1. The molecule has 1 amide bonds. The monoisotopic (exact) mass is 459 g/mol. The second-order valence-corrected chi connectivity index (χ2v) is 10.2. The van der Waals surface area contributed by atoms with Crippen LogP contribution in [0.1, 0.15) is 16.1 Å². The molecule has 4 rings (SSSR count). The Bertz CT molecular complexity index is 1230. The van der Waals surface area contributed by atoms with E-state index in [0.29, 0.717) is 16.5 Å². The molecule has 0 saturated carbocycles. The first-order valence-corrected chi connectivity index (χ1v) is 12.0. The number of carbonyl (C=O) groups is 1. The van der Waals surface area contributed by atoms with Gasteiger partial charge in [-0.2, -0.15) is 4.31 Å². The molecule has 0 aliphatic rings. The van der Waals surface area contributed by atoms with Gasteiger partial charge in [-0.3, -0.25) is 10.1 Å². The molecule has 0 saturated heterocycles. The van der Waals surface area contributed by atoms with E-state index >= 15 is 0 Å². The van der Waals surface area contributed by atoms with Gasteiger partial charge in [0.15, 0.2) is 5.13 Å². The van der Waals surface area contributed by atoms with Crippen molar-refractivity contribution in [3.63, 3.8) is 0 Å². The van der Waals surface area contributed by atoms with Crippen LogP contribution in [-0.2, 0) is 16.6 Å². The fraction of sp³-hybridized carbons (Fsp3) is 0.100. The number of furan rings is 1. The van der Waals surface area contributed by atoms with E-state index in [1.807, 2.05) is 22.9 Å². The van der Waals surface area contributed by atoms with Gasteiger partial charge in [0.1, 0.15) is 5.76 Å². The normalized spacial score (nSPS) is 11.7. The molecule has 30 heavy (non-hydrogen) atoms. The lowest BCUT2D eigenvalue weighted by molar-refractivity contribution is 0.102. The molecular weight excluding hydrogens is 442 g/mol. The Hall–Kier alpha value is -2.79. The van der Waals surface area contributed by atoms with Gasteiger partial charge in [0.25, 0.3) is 5.91 Å². The van der Waals surface area contributed by atoms with Crippen molar-refractivity contribution in [1.29, 1.82) is 0 Å². The predicted molar refractivity (Wildman–Crippen MR) is 117 cm³/mol. The summed E-state index contributed by atoms with van der Waals surface area (Å²) in [5.74, 6) is 0.192. The molecule has 3 aromatic heterocycles. The Labute approximate surface area is 181 Å². The van der Waals surface area contributed by atoms with Gasteiger partial charge in [-0.1, -0.05) is 6.07 Å². The molecule has 0 bridgehead atoms. The van der Waals surface area contributed by atoms with Crippen molar-refractivity contribution in [3.05, 3.63) is 76.9 Å². The minimum absolute atomic E-state index is 0.0994. The number of rotatable bonds is 7. The van der Waals surface area contributed by atoms with Gasteiger partial charge in [-0.15, -0.1) is 22.7 Å². The van der Waals surface area contributed by atoms with Crippen LogP contribution in [0.4, 0.5) is 5.13 Å². The average molecular weight is 460 g/mol. The molecule has 0 fully saturated rings. The maximum absolute atomic E-state index is 12.7. The fourth-order valence-electron chi connectivity index (χ4n) is 2.70. The molecule has 1 aromatic carbocycles. The molecule has 0 spiro atoms. The lowest BCUT2D eigenvalue weighted by Gasteiger charge is -2.16. The topological polar surface area (TPSA) is 92.5 Å². The summed E-state index contributed by atoms with van der Waals surface area (Å²) in [7, 11) is -2.23. The average Bonchev–Trinajstić information content (AvgIpc) is 3.50. The minimum atomic E-state index is -3.71. The van der Waals surface area contributed by atoms with Gasteiger partial charge in [0.05, 0.1) is 28.3 Å². The second-order valence-electron chi connectivity index (χ2n) is 6.33. The maximum Gasteiger partial charge on any atom is 0.257 e. The van der Waals surface area contributed by atoms with Crippen molar-refractivity contribution in [2.45, 2.75) is 11.4 Å². The zero-order chi connectivity index (χ0) is 21.1. The summed E-state index contributed by atoms with van der Waals surface area (Å²) in [6, 6.07) is 13.1. The number of aromatic nitrogens is 1. The molecular formula is C20H17N3O4S3. The third-order valence-corrected chi connectivity index (χ3v) is 7.75. The summed E-state index contributed by atoms with van der Waals surface area (Å²) in [4.78, 5) is 18.0. The Morgan fingerprint density at radius 2 is 1.93 bits per heavy atom. The van der Waals surface area contributed by atoms with Crippen LogP contribution in [0.3, 0.4) is 0 Å². The zero-order valence-electron chi connectivity index (χ0n) is 15.8. The molecule has 0 unspecified atom stereocenters. The molecule has 1 N–H and O–H groups in total.